The number of hydrogen-bond donors (Lipinski definition) is 3. The maximum Gasteiger partial charge on any atom is 0.255 e. The first-order valence-electron chi connectivity index (χ1n) is 11.4. The first-order valence-corrected chi connectivity index (χ1v) is 11.4. The zero-order valence-corrected chi connectivity index (χ0v) is 18.9. The van der Waals surface area contributed by atoms with E-state index in [1.807, 2.05) is 42.5 Å². The number of nitrogens with zero attached hydrogens (tertiary/aromatic N) is 1. The lowest BCUT2D eigenvalue weighted by Gasteiger charge is -2.30. The molecule has 1 saturated heterocycles. The SMILES string of the molecule is NC(=O)C1CCN(Cc2cccc(NC(=O)c3ccc(NC(=O)c4ccccc4)cc3)c2)CC1. The highest BCUT2D eigenvalue weighted by Gasteiger charge is 2.23. The molecule has 1 aliphatic rings. The van der Waals surface area contributed by atoms with Crippen LogP contribution >= 0.6 is 0 Å². The second kappa shape index (κ2) is 10.8. The predicted octanol–water partition coefficient (Wildman–Crippen LogP) is 3.89. The number of amides is 3. The number of carbonyl (C=O) groups is 3. The average Bonchev–Trinajstić information content (AvgIpc) is 2.85. The fourth-order valence-corrected chi connectivity index (χ4v) is 4.08. The molecule has 0 bridgehead atoms. The molecule has 0 atom stereocenters. The number of nitrogens with one attached hydrogen (secondary N) is 2. The van der Waals surface area contributed by atoms with Gasteiger partial charge in [-0.25, -0.2) is 0 Å². The van der Waals surface area contributed by atoms with Crippen LogP contribution in [-0.2, 0) is 11.3 Å². The number of benzene rings is 3. The number of rotatable bonds is 7. The molecule has 3 aromatic rings. The molecule has 1 heterocycles. The molecule has 0 spiro atoms. The monoisotopic (exact) mass is 456 g/mol. The summed E-state index contributed by atoms with van der Waals surface area (Å²) in [5, 5.41) is 5.77. The standard InChI is InChI=1S/C27H28N4O3/c28-25(32)20-13-15-31(16-14-20)18-19-5-4-8-24(17-19)30-27(34)22-9-11-23(12-10-22)29-26(33)21-6-2-1-3-7-21/h1-12,17,20H,13-16,18H2,(H2,28,32)(H,29,33)(H,30,34). The summed E-state index contributed by atoms with van der Waals surface area (Å²) in [7, 11) is 0. The Bertz CT molecular complexity index is 1150. The summed E-state index contributed by atoms with van der Waals surface area (Å²) in [5.74, 6) is -0.662. The van der Waals surface area contributed by atoms with E-state index in [1.165, 1.54) is 0 Å². The predicted molar refractivity (Wildman–Crippen MR) is 132 cm³/mol. The lowest BCUT2D eigenvalue weighted by atomic mass is 9.96. The minimum absolute atomic E-state index is 0.0279. The van der Waals surface area contributed by atoms with Gasteiger partial charge in [0.15, 0.2) is 0 Å². The molecule has 3 aromatic carbocycles. The molecule has 0 aromatic heterocycles. The third-order valence-corrected chi connectivity index (χ3v) is 6.02. The number of anilines is 2. The molecule has 4 N–H and O–H groups in total. The summed E-state index contributed by atoms with van der Waals surface area (Å²) >= 11 is 0. The van der Waals surface area contributed by atoms with E-state index in [0.29, 0.717) is 16.8 Å². The summed E-state index contributed by atoms with van der Waals surface area (Å²) < 4.78 is 0. The smallest absolute Gasteiger partial charge is 0.255 e. The zero-order chi connectivity index (χ0) is 23.9. The van der Waals surface area contributed by atoms with E-state index in [1.54, 1.807) is 36.4 Å². The van der Waals surface area contributed by atoms with Crippen LogP contribution in [0.15, 0.2) is 78.9 Å². The molecular weight excluding hydrogens is 428 g/mol. The Morgan fingerprint density at radius 2 is 1.38 bits per heavy atom. The normalized spacial score (nSPS) is 14.4. The molecule has 7 nitrogen and oxygen atoms in total. The molecule has 0 unspecified atom stereocenters. The fraction of sp³-hybridized carbons (Fsp3) is 0.222. The van der Waals surface area contributed by atoms with Gasteiger partial charge >= 0.3 is 0 Å². The fourth-order valence-electron chi connectivity index (χ4n) is 4.08. The van der Waals surface area contributed by atoms with Crippen LogP contribution in [0.3, 0.4) is 0 Å². The minimum Gasteiger partial charge on any atom is -0.369 e. The van der Waals surface area contributed by atoms with Gasteiger partial charge in [-0.05, 0) is 80.0 Å². The Labute approximate surface area is 199 Å². The van der Waals surface area contributed by atoms with E-state index in [9.17, 15) is 14.4 Å². The van der Waals surface area contributed by atoms with Crippen LogP contribution in [0, 0.1) is 5.92 Å². The summed E-state index contributed by atoms with van der Waals surface area (Å²) in [6, 6.07) is 23.5. The zero-order valence-electron chi connectivity index (χ0n) is 18.9. The van der Waals surface area contributed by atoms with Gasteiger partial charge in [-0.2, -0.15) is 0 Å². The third-order valence-electron chi connectivity index (χ3n) is 6.02. The highest BCUT2D eigenvalue weighted by atomic mass is 16.2. The van der Waals surface area contributed by atoms with Crippen LogP contribution in [0.5, 0.6) is 0 Å². The number of hydrogen-bond acceptors (Lipinski definition) is 4. The van der Waals surface area contributed by atoms with Gasteiger partial charge in [-0.3, -0.25) is 19.3 Å². The van der Waals surface area contributed by atoms with Gasteiger partial charge in [-0.1, -0.05) is 30.3 Å². The molecule has 1 fully saturated rings. The Balaban J connectivity index is 1.32. The molecule has 1 aliphatic heterocycles. The van der Waals surface area contributed by atoms with Gasteiger partial charge < -0.3 is 16.4 Å². The molecule has 4 rings (SSSR count). The molecule has 3 amide bonds. The topological polar surface area (TPSA) is 105 Å². The van der Waals surface area contributed by atoms with E-state index in [4.69, 9.17) is 5.73 Å². The van der Waals surface area contributed by atoms with Crippen LogP contribution in [-0.4, -0.2) is 35.7 Å². The van der Waals surface area contributed by atoms with Crippen molar-refractivity contribution >= 4 is 29.1 Å². The van der Waals surface area contributed by atoms with Crippen LogP contribution < -0.4 is 16.4 Å². The van der Waals surface area contributed by atoms with E-state index in [2.05, 4.69) is 15.5 Å². The van der Waals surface area contributed by atoms with Crippen LogP contribution in [0.2, 0.25) is 0 Å². The van der Waals surface area contributed by atoms with Crippen molar-refractivity contribution in [3.63, 3.8) is 0 Å². The van der Waals surface area contributed by atoms with Crippen molar-refractivity contribution in [2.75, 3.05) is 23.7 Å². The molecule has 0 aliphatic carbocycles. The number of likely N-dealkylation sites (tertiary alicyclic amines) is 1. The van der Waals surface area contributed by atoms with E-state index < -0.39 is 0 Å². The molecule has 0 saturated carbocycles. The minimum atomic E-state index is -0.222. The number of carbonyl (C=O) groups excluding carboxylic acids is 3. The quantitative estimate of drug-likeness (QED) is 0.502. The Kier molecular flexibility index (Phi) is 7.34. The Morgan fingerprint density at radius 1 is 0.765 bits per heavy atom. The van der Waals surface area contributed by atoms with E-state index in [0.717, 1.165) is 43.7 Å². The number of nitrogens with two attached hydrogens (primary N) is 1. The lowest BCUT2D eigenvalue weighted by Crippen LogP contribution is -2.38. The largest absolute Gasteiger partial charge is 0.369 e. The number of piperidine rings is 1. The Morgan fingerprint density at radius 3 is 2.03 bits per heavy atom. The van der Waals surface area contributed by atoms with Crippen molar-refractivity contribution < 1.29 is 14.4 Å². The molecular formula is C27H28N4O3. The molecule has 0 radical (unpaired) electrons. The summed E-state index contributed by atoms with van der Waals surface area (Å²) in [6.45, 7) is 2.42. The molecule has 7 heteroatoms. The van der Waals surface area contributed by atoms with Crippen LogP contribution in [0.1, 0.15) is 39.1 Å². The van der Waals surface area contributed by atoms with Gasteiger partial charge in [0.2, 0.25) is 5.91 Å². The van der Waals surface area contributed by atoms with Gasteiger partial charge in [0.25, 0.3) is 11.8 Å². The maximum absolute atomic E-state index is 12.7. The van der Waals surface area contributed by atoms with Gasteiger partial charge in [0, 0.05) is 35.0 Å². The average molecular weight is 457 g/mol. The first kappa shape index (κ1) is 23.2. The van der Waals surface area contributed by atoms with Gasteiger partial charge in [-0.15, -0.1) is 0 Å². The summed E-state index contributed by atoms with van der Waals surface area (Å²) in [5.41, 5.74) is 8.91. The Hall–Kier alpha value is -3.97. The van der Waals surface area contributed by atoms with Crippen LogP contribution in [0.4, 0.5) is 11.4 Å². The summed E-state index contributed by atoms with van der Waals surface area (Å²) in [4.78, 5) is 38.6. The van der Waals surface area contributed by atoms with Crippen molar-refractivity contribution in [3.8, 4) is 0 Å². The molecule has 34 heavy (non-hydrogen) atoms. The van der Waals surface area contributed by atoms with Gasteiger partial charge in [0.05, 0.1) is 0 Å². The van der Waals surface area contributed by atoms with Crippen molar-refractivity contribution in [1.29, 1.82) is 0 Å². The summed E-state index contributed by atoms with van der Waals surface area (Å²) in [6.07, 6.45) is 1.57. The maximum atomic E-state index is 12.7. The van der Waals surface area contributed by atoms with E-state index >= 15 is 0 Å². The second-order valence-electron chi connectivity index (χ2n) is 8.50. The van der Waals surface area contributed by atoms with Gasteiger partial charge in [0.1, 0.15) is 0 Å². The highest BCUT2D eigenvalue weighted by Crippen LogP contribution is 2.20. The van der Waals surface area contributed by atoms with Crippen molar-refractivity contribution in [2.24, 2.45) is 11.7 Å². The third kappa shape index (κ3) is 6.08. The number of primary amides is 1. The van der Waals surface area contributed by atoms with E-state index in [-0.39, 0.29) is 23.6 Å². The van der Waals surface area contributed by atoms with Crippen LogP contribution in [0.25, 0.3) is 0 Å². The molecule has 174 valence electrons. The highest BCUT2D eigenvalue weighted by molar-refractivity contribution is 6.06. The second-order valence-corrected chi connectivity index (χ2v) is 8.50. The first-order chi connectivity index (χ1) is 16.5. The lowest BCUT2D eigenvalue weighted by molar-refractivity contribution is -0.123. The van der Waals surface area contributed by atoms with Crippen molar-refractivity contribution in [2.45, 2.75) is 19.4 Å². The van der Waals surface area contributed by atoms with Crippen molar-refractivity contribution in [3.05, 3.63) is 95.6 Å². The van der Waals surface area contributed by atoms with Crippen molar-refractivity contribution in [1.82, 2.24) is 4.90 Å².